The molecule has 1 N–H and O–H groups in total. The molecule has 22 heavy (non-hydrogen) atoms. The number of benzene rings is 2. The third kappa shape index (κ3) is 4.60. The van der Waals surface area contributed by atoms with Crippen LogP contribution >= 0.6 is 11.6 Å². The number of carbonyl (C=O) groups excluding carboxylic acids is 1. The summed E-state index contributed by atoms with van der Waals surface area (Å²) in [5, 5.41) is 4.56. The molecule has 0 atom stereocenters. The molecule has 0 saturated carbocycles. The molecule has 0 saturated heterocycles. The van der Waals surface area contributed by atoms with Gasteiger partial charge in [0.25, 0.3) is 5.91 Å². The van der Waals surface area contributed by atoms with Gasteiger partial charge >= 0.3 is 0 Å². The largest absolute Gasteiger partial charge is 0.483 e. The van der Waals surface area contributed by atoms with Crippen LogP contribution in [0.2, 0.25) is 5.02 Å². The van der Waals surface area contributed by atoms with Gasteiger partial charge in [-0.1, -0.05) is 35.9 Å². The van der Waals surface area contributed by atoms with Crippen molar-refractivity contribution in [1.29, 1.82) is 0 Å². The fourth-order valence-electron chi connectivity index (χ4n) is 1.86. The van der Waals surface area contributed by atoms with E-state index in [9.17, 15) is 4.79 Å². The number of ether oxygens (including phenoxy) is 1. The third-order valence-electron chi connectivity index (χ3n) is 3.08. The number of amides is 1. The lowest BCUT2D eigenvalue weighted by atomic mass is 10.1. The first-order chi connectivity index (χ1) is 10.6. The van der Waals surface area contributed by atoms with Gasteiger partial charge in [-0.2, -0.15) is 5.10 Å². The van der Waals surface area contributed by atoms with E-state index >= 15 is 0 Å². The van der Waals surface area contributed by atoms with Crippen LogP contribution in [0, 0.1) is 13.8 Å². The Balaban J connectivity index is 1.84. The number of nitrogens with one attached hydrogen (secondary N) is 1. The Hall–Kier alpha value is -2.33. The molecule has 5 heteroatoms. The average molecular weight is 317 g/mol. The summed E-state index contributed by atoms with van der Waals surface area (Å²) in [6.45, 7) is 3.75. The SMILES string of the molecule is Cc1ccccc1/C=N\NC(=O)COc1ccc(Cl)cc1C. The molecule has 0 unspecified atom stereocenters. The van der Waals surface area contributed by atoms with Crippen LogP contribution in [0.3, 0.4) is 0 Å². The van der Waals surface area contributed by atoms with Gasteiger partial charge in [-0.15, -0.1) is 0 Å². The topological polar surface area (TPSA) is 50.7 Å². The van der Waals surface area contributed by atoms with Crippen LogP contribution in [0.5, 0.6) is 5.75 Å². The van der Waals surface area contributed by atoms with Gasteiger partial charge in [0.05, 0.1) is 6.21 Å². The third-order valence-corrected chi connectivity index (χ3v) is 3.31. The summed E-state index contributed by atoms with van der Waals surface area (Å²) in [6, 6.07) is 13.0. The summed E-state index contributed by atoms with van der Waals surface area (Å²) in [6.07, 6.45) is 1.61. The van der Waals surface area contributed by atoms with E-state index in [1.54, 1.807) is 24.4 Å². The zero-order chi connectivity index (χ0) is 15.9. The van der Waals surface area contributed by atoms with Crippen molar-refractivity contribution in [2.24, 2.45) is 5.10 Å². The van der Waals surface area contributed by atoms with Crippen molar-refractivity contribution in [2.45, 2.75) is 13.8 Å². The van der Waals surface area contributed by atoms with Gasteiger partial charge < -0.3 is 4.74 Å². The van der Waals surface area contributed by atoms with Gasteiger partial charge in [-0.25, -0.2) is 5.43 Å². The van der Waals surface area contributed by atoms with E-state index in [1.165, 1.54) is 0 Å². The molecule has 1 amide bonds. The fraction of sp³-hybridized carbons (Fsp3) is 0.176. The van der Waals surface area contributed by atoms with Crippen LogP contribution in [-0.4, -0.2) is 18.7 Å². The maximum atomic E-state index is 11.7. The molecule has 114 valence electrons. The molecule has 2 rings (SSSR count). The second kappa shape index (κ2) is 7.61. The van der Waals surface area contributed by atoms with Crippen molar-refractivity contribution >= 4 is 23.7 Å². The molecule has 4 nitrogen and oxygen atoms in total. The first-order valence-corrected chi connectivity index (χ1v) is 7.20. The quantitative estimate of drug-likeness (QED) is 0.678. The summed E-state index contributed by atoms with van der Waals surface area (Å²) >= 11 is 5.87. The standard InChI is InChI=1S/C17H17ClN2O2/c1-12-5-3-4-6-14(12)10-19-20-17(21)11-22-16-8-7-15(18)9-13(16)2/h3-10H,11H2,1-2H3,(H,20,21)/b19-10-. The summed E-state index contributed by atoms with van der Waals surface area (Å²) < 4.78 is 5.44. The van der Waals surface area contributed by atoms with Crippen molar-refractivity contribution in [3.05, 3.63) is 64.2 Å². The Morgan fingerprint density at radius 3 is 2.73 bits per heavy atom. The van der Waals surface area contributed by atoms with Gasteiger partial charge in [0, 0.05) is 5.02 Å². The van der Waals surface area contributed by atoms with Gasteiger partial charge in [0.15, 0.2) is 6.61 Å². The molecule has 0 aliphatic carbocycles. The number of aryl methyl sites for hydroxylation is 2. The Morgan fingerprint density at radius 2 is 2.00 bits per heavy atom. The predicted molar refractivity (Wildman–Crippen MR) is 88.6 cm³/mol. The Bertz CT molecular complexity index is 699. The molecule has 0 spiro atoms. The molecule has 2 aromatic carbocycles. The Kier molecular flexibility index (Phi) is 5.55. The van der Waals surface area contributed by atoms with Crippen LogP contribution in [0.1, 0.15) is 16.7 Å². The zero-order valence-corrected chi connectivity index (χ0v) is 13.2. The average Bonchev–Trinajstić information content (AvgIpc) is 2.48. The number of hydrazone groups is 1. The van der Waals surface area contributed by atoms with Crippen molar-refractivity contribution in [3.63, 3.8) is 0 Å². The fourth-order valence-corrected chi connectivity index (χ4v) is 2.08. The van der Waals surface area contributed by atoms with E-state index in [0.717, 1.165) is 16.7 Å². The molecular formula is C17H17ClN2O2. The minimum absolute atomic E-state index is 0.104. The lowest BCUT2D eigenvalue weighted by Crippen LogP contribution is -2.24. The Labute approximate surface area is 134 Å². The molecule has 0 fully saturated rings. The highest BCUT2D eigenvalue weighted by Gasteiger charge is 2.04. The van der Waals surface area contributed by atoms with E-state index in [1.807, 2.05) is 38.1 Å². The van der Waals surface area contributed by atoms with Crippen molar-refractivity contribution in [2.75, 3.05) is 6.61 Å². The maximum absolute atomic E-state index is 11.7. The zero-order valence-electron chi connectivity index (χ0n) is 12.5. The van der Waals surface area contributed by atoms with E-state index in [2.05, 4.69) is 10.5 Å². The van der Waals surface area contributed by atoms with Gasteiger partial charge in [0.2, 0.25) is 0 Å². The van der Waals surface area contributed by atoms with Crippen LogP contribution in [0.25, 0.3) is 0 Å². The Morgan fingerprint density at radius 1 is 1.23 bits per heavy atom. The minimum atomic E-state index is -0.320. The van der Waals surface area contributed by atoms with Gasteiger partial charge in [-0.05, 0) is 48.7 Å². The molecule has 0 heterocycles. The highest BCUT2D eigenvalue weighted by molar-refractivity contribution is 6.30. The van der Waals surface area contributed by atoms with Crippen LogP contribution in [0.4, 0.5) is 0 Å². The van der Waals surface area contributed by atoms with Gasteiger partial charge in [0.1, 0.15) is 5.75 Å². The highest BCUT2D eigenvalue weighted by Crippen LogP contribution is 2.21. The monoisotopic (exact) mass is 316 g/mol. The summed E-state index contributed by atoms with van der Waals surface area (Å²) in [4.78, 5) is 11.7. The van der Waals surface area contributed by atoms with Crippen LogP contribution in [0.15, 0.2) is 47.6 Å². The molecule has 0 aliphatic rings. The van der Waals surface area contributed by atoms with Crippen molar-refractivity contribution < 1.29 is 9.53 Å². The lowest BCUT2D eigenvalue weighted by Gasteiger charge is -2.08. The number of hydrogen-bond donors (Lipinski definition) is 1. The minimum Gasteiger partial charge on any atom is -0.483 e. The lowest BCUT2D eigenvalue weighted by molar-refractivity contribution is -0.123. The van der Waals surface area contributed by atoms with E-state index in [4.69, 9.17) is 16.3 Å². The summed E-state index contributed by atoms with van der Waals surface area (Å²) in [5.41, 5.74) is 5.36. The number of hydrogen-bond acceptors (Lipinski definition) is 3. The van der Waals surface area contributed by atoms with Gasteiger partial charge in [-0.3, -0.25) is 4.79 Å². The predicted octanol–water partition coefficient (Wildman–Crippen LogP) is 3.49. The van der Waals surface area contributed by atoms with Crippen LogP contribution < -0.4 is 10.2 Å². The van der Waals surface area contributed by atoms with Crippen LogP contribution in [-0.2, 0) is 4.79 Å². The summed E-state index contributed by atoms with van der Waals surface area (Å²) in [7, 11) is 0. The number of rotatable bonds is 5. The molecule has 0 radical (unpaired) electrons. The molecule has 2 aromatic rings. The summed E-state index contributed by atoms with van der Waals surface area (Å²) in [5.74, 6) is 0.307. The van der Waals surface area contributed by atoms with E-state index in [-0.39, 0.29) is 12.5 Å². The second-order valence-corrected chi connectivity index (χ2v) is 5.28. The second-order valence-electron chi connectivity index (χ2n) is 4.85. The first kappa shape index (κ1) is 16.0. The molecule has 0 aliphatic heterocycles. The molecular weight excluding hydrogens is 300 g/mol. The molecule has 0 aromatic heterocycles. The number of nitrogens with zero attached hydrogens (tertiary/aromatic N) is 1. The van der Waals surface area contributed by atoms with Crippen molar-refractivity contribution in [3.8, 4) is 5.75 Å². The number of carbonyl (C=O) groups is 1. The maximum Gasteiger partial charge on any atom is 0.277 e. The first-order valence-electron chi connectivity index (χ1n) is 6.83. The smallest absolute Gasteiger partial charge is 0.277 e. The normalized spacial score (nSPS) is 10.7. The van der Waals surface area contributed by atoms with E-state index < -0.39 is 0 Å². The highest BCUT2D eigenvalue weighted by atomic mass is 35.5. The molecule has 0 bridgehead atoms. The number of halogens is 1. The van der Waals surface area contributed by atoms with Crippen molar-refractivity contribution in [1.82, 2.24) is 5.43 Å². The van der Waals surface area contributed by atoms with E-state index in [0.29, 0.717) is 10.8 Å².